The fraction of sp³-hybridized carbons (Fsp3) is 0.667. The van der Waals surface area contributed by atoms with Gasteiger partial charge < -0.3 is 4.74 Å². The van der Waals surface area contributed by atoms with Gasteiger partial charge in [-0.1, -0.05) is 19.1 Å². The van der Waals surface area contributed by atoms with Crippen molar-refractivity contribution in [1.29, 1.82) is 0 Å². The van der Waals surface area contributed by atoms with Crippen LogP contribution in [-0.4, -0.2) is 13.1 Å². The highest BCUT2D eigenvalue weighted by Gasteiger charge is 2.10. The van der Waals surface area contributed by atoms with E-state index in [9.17, 15) is 4.79 Å². The van der Waals surface area contributed by atoms with Crippen LogP contribution in [0.5, 0.6) is 0 Å². The van der Waals surface area contributed by atoms with E-state index in [4.69, 9.17) is 0 Å². The van der Waals surface area contributed by atoms with Gasteiger partial charge in [-0.3, -0.25) is 4.79 Å². The SMILES string of the molecule is C/C=C/CCC(C)C(=O)OC. The van der Waals surface area contributed by atoms with Crippen molar-refractivity contribution < 1.29 is 9.53 Å². The van der Waals surface area contributed by atoms with Crippen molar-refractivity contribution >= 4 is 5.97 Å². The molecule has 0 amide bonds. The number of methoxy groups -OCH3 is 1. The quantitative estimate of drug-likeness (QED) is 0.460. The monoisotopic (exact) mass is 156 g/mol. The highest BCUT2D eigenvalue weighted by molar-refractivity contribution is 5.71. The highest BCUT2D eigenvalue weighted by atomic mass is 16.5. The summed E-state index contributed by atoms with van der Waals surface area (Å²) >= 11 is 0. The Morgan fingerprint density at radius 1 is 1.64 bits per heavy atom. The first-order valence-electron chi connectivity index (χ1n) is 3.91. The van der Waals surface area contributed by atoms with Crippen molar-refractivity contribution in [3.05, 3.63) is 12.2 Å². The molecule has 0 saturated heterocycles. The number of hydrogen-bond acceptors (Lipinski definition) is 2. The van der Waals surface area contributed by atoms with Crippen LogP contribution in [0.3, 0.4) is 0 Å². The summed E-state index contributed by atoms with van der Waals surface area (Å²) in [5.74, 6) is -0.0919. The van der Waals surface area contributed by atoms with Gasteiger partial charge in [-0.05, 0) is 19.8 Å². The van der Waals surface area contributed by atoms with Crippen LogP contribution >= 0.6 is 0 Å². The Bertz CT molecular complexity index is 138. The van der Waals surface area contributed by atoms with Gasteiger partial charge in [0, 0.05) is 0 Å². The fourth-order valence-corrected chi connectivity index (χ4v) is 0.832. The van der Waals surface area contributed by atoms with E-state index in [1.807, 2.05) is 19.9 Å². The van der Waals surface area contributed by atoms with Gasteiger partial charge >= 0.3 is 5.97 Å². The molecule has 0 radical (unpaired) electrons. The summed E-state index contributed by atoms with van der Waals surface area (Å²) in [6, 6.07) is 0. The standard InChI is InChI=1S/C9H16O2/c1-4-5-6-7-8(2)9(10)11-3/h4-5,8H,6-7H2,1-3H3/b5-4+. The molecule has 1 unspecified atom stereocenters. The van der Waals surface area contributed by atoms with E-state index in [1.54, 1.807) is 0 Å². The van der Waals surface area contributed by atoms with Gasteiger partial charge in [-0.15, -0.1) is 0 Å². The second kappa shape index (κ2) is 5.96. The number of hydrogen-bond donors (Lipinski definition) is 0. The lowest BCUT2D eigenvalue weighted by Gasteiger charge is -2.05. The van der Waals surface area contributed by atoms with E-state index in [-0.39, 0.29) is 11.9 Å². The second-order valence-electron chi connectivity index (χ2n) is 2.57. The van der Waals surface area contributed by atoms with Crippen LogP contribution in [0.15, 0.2) is 12.2 Å². The lowest BCUT2D eigenvalue weighted by molar-refractivity contribution is -0.144. The van der Waals surface area contributed by atoms with E-state index in [2.05, 4.69) is 10.8 Å². The molecule has 0 aromatic carbocycles. The molecule has 11 heavy (non-hydrogen) atoms. The Labute approximate surface area is 68.2 Å². The zero-order chi connectivity index (χ0) is 8.69. The van der Waals surface area contributed by atoms with Crippen LogP contribution in [0, 0.1) is 5.92 Å². The number of carbonyl (C=O) groups excluding carboxylic acids is 1. The molecule has 0 aromatic rings. The normalized spacial score (nSPS) is 13.4. The highest BCUT2D eigenvalue weighted by Crippen LogP contribution is 2.07. The third-order valence-electron chi connectivity index (χ3n) is 1.61. The molecule has 2 heteroatoms. The summed E-state index contributed by atoms with van der Waals surface area (Å²) in [5, 5.41) is 0. The van der Waals surface area contributed by atoms with Crippen molar-refractivity contribution in [2.24, 2.45) is 5.92 Å². The summed E-state index contributed by atoms with van der Waals surface area (Å²) in [5.41, 5.74) is 0. The fourth-order valence-electron chi connectivity index (χ4n) is 0.832. The van der Waals surface area contributed by atoms with Crippen molar-refractivity contribution in [3.8, 4) is 0 Å². The zero-order valence-corrected chi connectivity index (χ0v) is 7.46. The van der Waals surface area contributed by atoms with E-state index >= 15 is 0 Å². The largest absolute Gasteiger partial charge is 0.469 e. The lowest BCUT2D eigenvalue weighted by Crippen LogP contribution is -2.11. The average molecular weight is 156 g/mol. The maximum atomic E-state index is 10.9. The Morgan fingerprint density at radius 3 is 2.73 bits per heavy atom. The van der Waals surface area contributed by atoms with Crippen LogP contribution in [-0.2, 0) is 9.53 Å². The number of rotatable bonds is 4. The second-order valence-corrected chi connectivity index (χ2v) is 2.57. The molecule has 0 saturated carbocycles. The number of allylic oxidation sites excluding steroid dienone is 2. The van der Waals surface area contributed by atoms with E-state index < -0.39 is 0 Å². The molecule has 2 nitrogen and oxygen atoms in total. The van der Waals surface area contributed by atoms with Gasteiger partial charge in [-0.2, -0.15) is 0 Å². The van der Waals surface area contributed by atoms with Crippen molar-refractivity contribution in [1.82, 2.24) is 0 Å². The zero-order valence-electron chi connectivity index (χ0n) is 7.46. The predicted octanol–water partition coefficient (Wildman–Crippen LogP) is 2.15. The van der Waals surface area contributed by atoms with Crippen LogP contribution < -0.4 is 0 Å². The smallest absolute Gasteiger partial charge is 0.308 e. The Kier molecular flexibility index (Phi) is 5.53. The van der Waals surface area contributed by atoms with Gasteiger partial charge in [-0.25, -0.2) is 0 Å². The van der Waals surface area contributed by atoms with Gasteiger partial charge in [0.15, 0.2) is 0 Å². The Balaban J connectivity index is 3.51. The number of ether oxygens (including phenoxy) is 1. The summed E-state index contributed by atoms with van der Waals surface area (Å²) in [7, 11) is 1.43. The summed E-state index contributed by atoms with van der Waals surface area (Å²) in [6.07, 6.45) is 5.87. The Hall–Kier alpha value is -0.790. The molecule has 0 heterocycles. The van der Waals surface area contributed by atoms with E-state index in [0.717, 1.165) is 12.8 Å². The van der Waals surface area contributed by atoms with Crippen LogP contribution in [0.2, 0.25) is 0 Å². The van der Waals surface area contributed by atoms with E-state index in [1.165, 1.54) is 7.11 Å². The first-order chi connectivity index (χ1) is 5.22. The summed E-state index contributed by atoms with van der Waals surface area (Å²) in [4.78, 5) is 10.9. The van der Waals surface area contributed by atoms with Gasteiger partial charge in [0.1, 0.15) is 0 Å². The van der Waals surface area contributed by atoms with E-state index in [0.29, 0.717) is 0 Å². The molecule has 0 bridgehead atoms. The molecule has 0 spiro atoms. The summed E-state index contributed by atoms with van der Waals surface area (Å²) in [6.45, 7) is 3.86. The van der Waals surface area contributed by atoms with Crippen molar-refractivity contribution in [3.63, 3.8) is 0 Å². The number of carbonyl (C=O) groups is 1. The lowest BCUT2D eigenvalue weighted by atomic mass is 10.1. The Morgan fingerprint density at radius 2 is 2.27 bits per heavy atom. The van der Waals surface area contributed by atoms with Gasteiger partial charge in [0.25, 0.3) is 0 Å². The molecule has 0 fully saturated rings. The van der Waals surface area contributed by atoms with Crippen LogP contribution in [0.1, 0.15) is 26.7 Å². The first kappa shape index (κ1) is 10.2. The maximum absolute atomic E-state index is 10.9. The third-order valence-corrected chi connectivity index (χ3v) is 1.61. The van der Waals surface area contributed by atoms with Gasteiger partial charge in [0.2, 0.25) is 0 Å². The summed E-state index contributed by atoms with van der Waals surface area (Å²) < 4.78 is 4.58. The molecule has 0 aliphatic rings. The molecular formula is C9H16O2. The molecule has 64 valence electrons. The minimum absolute atomic E-state index is 0.0243. The molecule has 0 N–H and O–H groups in total. The van der Waals surface area contributed by atoms with Crippen molar-refractivity contribution in [2.75, 3.05) is 7.11 Å². The molecule has 0 aliphatic heterocycles. The maximum Gasteiger partial charge on any atom is 0.308 e. The van der Waals surface area contributed by atoms with Gasteiger partial charge in [0.05, 0.1) is 13.0 Å². The minimum Gasteiger partial charge on any atom is -0.469 e. The first-order valence-corrected chi connectivity index (χ1v) is 3.91. The van der Waals surface area contributed by atoms with Crippen molar-refractivity contribution in [2.45, 2.75) is 26.7 Å². The molecule has 0 aliphatic carbocycles. The van der Waals surface area contributed by atoms with Crippen LogP contribution in [0.4, 0.5) is 0 Å². The topological polar surface area (TPSA) is 26.3 Å². The minimum atomic E-state index is -0.116. The molecular weight excluding hydrogens is 140 g/mol. The predicted molar refractivity (Wildman–Crippen MR) is 45.2 cm³/mol. The third kappa shape index (κ3) is 4.59. The van der Waals surface area contributed by atoms with Crippen LogP contribution in [0.25, 0.3) is 0 Å². The molecule has 0 aromatic heterocycles. The molecule has 0 rings (SSSR count). The molecule has 1 atom stereocenters. The average Bonchev–Trinajstić information content (AvgIpc) is 2.03. The number of esters is 1.